The second-order valence-corrected chi connectivity index (χ2v) is 3.56. The normalized spacial score (nSPS) is 12.9. The molecule has 2 N–H and O–H groups in total. The lowest BCUT2D eigenvalue weighted by Crippen LogP contribution is -2.34. The Morgan fingerprint density at radius 3 is 2.42 bits per heavy atom. The van der Waals surface area contributed by atoms with Crippen LogP contribution >= 0.6 is 0 Å². The van der Waals surface area contributed by atoms with E-state index >= 15 is 0 Å². The Morgan fingerprint density at radius 2 is 1.89 bits per heavy atom. The number of alkyl halides is 5. The van der Waals surface area contributed by atoms with Crippen molar-refractivity contribution >= 4 is 17.1 Å². The smallest absolute Gasteiger partial charge is 0.461 e. The average molecular weight is 281 g/mol. The van der Waals surface area contributed by atoms with Gasteiger partial charge in [-0.1, -0.05) is 0 Å². The molecule has 2 rings (SSSR count). The molecular formula is C9H4F5N3O2. The molecule has 0 spiro atoms. The number of fused-ring (bicyclic) bond motifs is 1. The summed E-state index contributed by atoms with van der Waals surface area (Å²) in [4.78, 5) is 18.8. The molecule has 0 unspecified atom stereocenters. The highest BCUT2D eigenvalue weighted by Crippen LogP contribution is 2.42. The number of aromatic nitrogens is 3. The molecule has 0 aliphatic carbocycles. The highest BCUT2D eigenvalue weighted by atomic mass is 19.4. The summed E-state index contributed by atoms with van der Waals surface area (Å²) >= 11 is 0. The van der Waals surface area contributed by atoms with Crippen LogP contribution in [0.1, 0.15) is 16.2 Å². The number of hydrogen-bond acceptors (Lipinski definition) is 3. The first-order chi connectivity index (χ1) is 8.63. The minimum Gasteiger partial charge on any atom is -0.478 e. The van der Waals surface area contributed by atoms with Gasteiger partial charge in [0.05, 0.1) is 11.1 Å². The molecule has 0 aliphatic rings. The zero-order valence-corrected chi connectivity index (χ0v) is 8.79. The van der Waals surface area contributed by atoms with Crippen molar-refractivity contribution in [2.45, 2.75) is 12.1 Å². The fourth-order valence-corrected chi connectivity index (χ4v) is 1.30. The molecule has 2 heterocycles. The maximum absolute atomic E-state index is 13.0. The maximum Gasteiger partial charge on any atom is 0.461 e. The van der Waals surface area contributed by atoms with E-state index in [1.165, 1.54) is 0 Å². The van der Waals surface area contributed by atoms with Crippen LogP contribution in [0.4, 0.5) is 22.0 Å². The van der Waals surface area contributed by atoms with Gasteiger partial charge in [0.2, 0.25) is 0 Å². The lowest BCUT2D eigenvalue weighted by molar-refractivity contribution is -0.292. The number of aromatic carboxylic acids is 1. The Kier molecular flexibility index (Phi) is 2.68. The molecule has 0 bridgehead atoms. The first kappa shape index (κ1) is 13.2. The third kappa shape index (κ3) is 2.09. The van der Waals surface area contributed by atoms with E-state index in [2.05, 4.69) is 9.97 Å². The summed E-state index contributed by atoms with van der Waals surface area (Å²) < 4.78 is 62.4. The number of nitrogens with zero attached hydrogens (tertiary/aromatic N) is 2. The zero-order chi connectivity index (χ0) is 14.4. The molecule has 0 amide bonds. The van der Waals surface area contributed by atoms with Crippen LogP contribution in [0.5, 0.6) is 0 Å². The van der Waals surface area contributed by atoms with Gasteiger partial charge >= 0.3 is 18.1 Å². The molecule has 0 saturated heterocycles. The Hall–Kier alpha value is -2.26. The van der Waals surface area contributed by atoms with Crippen LogP contribution in [0, 0.1) is 0 Å². The first-order valence-electron chi connectivity index (χ1n) is 4.67. The summed E-state index contributed by atoms with van der Waals surface area (Å²) in [5, 5.41) is 8.64. The minimum atomic E-state index is -5.81. The number of aromatic amines is 1. The number of rotatable bonds is 2. The van der Waals surface area contributed by atoms with Crippen LogP contribution in [0.3, 0.4) is 0 Å². The number of hydrogen-bond donors (Lipinski definition) is 2. The van der Waals surface area contributed by atoms with Gasteiger partial charge in [0.25, 0.3) is 0 Å². The molecule has 0 saturated carbocycles. The molecule has 0 aromatic carbocycles. The summed E-state index contributed by atoms with van der Waals surface area (Å²) in [5.41, 5.74) is -1.11. The van der Waals surface area contributed by atoms with Gasteiger partial charge in [-0.15, -0.1) is 0 Å². The van der Waals surface area contributed by atoms with Crippen molar-refractivity contribution in [3.05, 3.63) is 23.7 Å². The van der Waals surface area contributed by atoms with Crippen LogP contribution in [0.25, 0.3) is 11.2 Å². The summed E-state index contributed by atoms with van der Waals surface area (Å²) in [6.07, 6.45) is -5.00. The Balaban J connectivity index is 2.56. The second kappa shape index (κ2) is 3.87. The molecule has 0 aliphatic heterocycles. The van der Waals surface area contributed by atoms with Crippen molar-refractivity contribution < 1.29 is 31.9 Å². The summed E-state index contributed by atoms with van der Waals surface area (Å²) in [6, 6.07) is 0.869. The van der Waals surface area contributed by atoms with Crippen LogP contribution in [0.2, 0.25) is 0 Å². The molecule has 0 fully saturated rings. The van der Waals surface area contributed by atoms with Gasteiger partial charge in [-0.25, -0.2) is 14.8 Å². The van der Waals surface area contributed by atoms with E-state index in [0.717, 1.165) is 12.3 Å². The van der Waals surface area contributed by atoms with Gasteiger partial charge in [-0.2, -0.15) is 22.0 Å². The SMILES string of the molecule is O=C(O)c1cnc2nc(C(F)(F)C(F)(F)F)[nH]c2c1. The molecule has 5 nitrogen and oxygen atoms in total. The molecule has 0 radical (unpaired) electrons. The number of H-pyrrole nitrogens is 1. The van der Waals surface area contributed by atoms with Crippen LogP contribution in [-0.2, 0) is 5.92 Å². The number of pyridine rings is 1. The number of imidazole rings is 1. The maximum atomic E-state index is 13.0. The molecule has 19 heavy (non-hydrogen) atoms. The monoisotopic (exact) mass is 281 g/mol. The van der Waals surface area contributed by atoms with Gasteiger partial charge in [-0.05, 0) is 6.07 Å². The average Bonchev–Trinajstić information content (AvgIpc) is 2.70. The number of carbonyl (C=O) groups is 1. The second-order valence-electron chi connectivity index (χ2n) is 3.56. The molecule has 0 atom stereocenters. The third-order valence-corrected chi connectivity index (χ3v) is 2.24. The standard InChI is InChI=1S/C9H4F5N3O2/c10-8(11,9(12,13)14)7-16-4-1-3(6(18)19)2-15-5(4)17-7/h1-2H,(H,18,19)(H,15,16,17). The van der Waals surface area contributed by atoms with E-state index in [1.807, 2.05) is 0 Å². The van der Waals surface area contributed by atoms with Crippen molar-refractivity contribution in [2.24, 2.45) is 0 Å². The Morgan fingerprint density at radius 1 is 1.26 bits per heavy atom. The number of nitrogens with one attached hydrogen (secondary N) is 1. The lowest BCUT2D eigenvalue weighted by atomic mass is 10.3. The van der Waals surface area contributed by atoms with Gasteiger partial charge < -0.3 is 10.1 Å². The van der Waals surface area contributed by atoms with E-state index in [4.69, 9.17) is 5.11 Å². The fraction of sp³-hybridized carbons (Fsp3) is 0.222. The Bertz CT molecular complexity index is 649. The summed E-state index contributed by atoms with van der Waals surface area (Å²) in [5.74, 6) is -8.20. The first-order valence-corrected chi connectivity index (χ1v) is 4.67. The number of carboxylic acids is 1. The Labute approximate surface area is 101 Å². The summed E-state index contributed by atoms with van der Waals surface area (Å²) in [7, 11) is 0. The van der Waals surface area contributed by atoms with Crippen molar-refractivity contribution in [1.29, 1.82) is 0 Å². The summed E-state index contributed by atoms with van der Waals surface area (Å²) in [6.45, 7) is 0. The van der Waals surface area contributed by atoms with Gasteiger partial charge in [0.15, 0.2) is 11.5 Å². The van der Waals surface area contributed by atoms with Gasteiger partial charge in [0, 0.05) is 6.20 Å². The van der Waals surface area contributed by atoms with E-state index in [0.29, 0.717) is 0 Å². The van der Waals surface area contributed by atoms with Crippen molar-refractivity contribution in [3.63, 3.8) is 0 Å². The van der Waals surface area contributed by atoms with Crippen LogP contribution in [-0.4, -0.2) is 32.2 Å². The minimum absolute atomic E-state index is 0.321. The zero-order valence-electron chi connectivity index (χ0n) is 8.79. The van der Waals surface area contributed by atoms with Gasteiger partial charge in [-0.3, -0.25) is 0 Å². The molecule has 2 aromatic heterocycles. The fourth-order valence-electron chi connectivity index (χ4n) is 1.30. The van der Waals surface area contributed by atoms with E-state index in [-0.39, 0.29) is 11.1 Å². The third-order valence-electron chi connectivity index (χ3n) is 2.24. The molecule has 102 valence electrons. The van der Waals surface area contributed by atoms with Crippen LogP contribution in [0.15, 0.2) is 12.3 Å². The predicted molar refractivity (Wildman–Crippen MR) is 50.8 cm³/mol. The lowest BCUT2D eigenvalue weighted by Gasteiger charge is -2.16. The topological polar surface area (TPSA) is 78.9 Å². The predicted octanol–water partition coefficient (Wildman–Crippen LogP) is 2.31. The van der Waals surface area contributed by atoms with E-state index < -0.39 is 29.5 Å². The highest BCUT2D eigenvalue weighted by Gasteiger charge is 2.61. The number of halogens is 5. The van der Waals surface area contributed by atoms with Crippen molar-refractivity contribution in [1.82, 2.24) is 15.0 Å². The quantitative estimate of drug-likeness (QED) is 0.828. The number of carboxylic acid groups (broad SMARTS) is 1. The van der Waals surface area contributed by atoms with Crippen LogP contribution < -0.4 is 0 Å². The molecule has 10 heteroatoms. The molecule has 2 aromatic rings. The van der Waals surface area contributed by atoms with E-state index in [1.54, 1.807) is 4.98 Å². The van der Waals surface area contributed by atoms with Crippen molar-refractivity contribution in [2.75, 3.05) is 0 Å². The molecular weight excluding hydrogens is 277 g/mol. The largest absolute Gasteiger partial charge is 0.478 e. The van der Waals surface area contributed by atoms with E-state index in [9.17, 15) is 26.7 Å². The van der Waals surface area contributed by atoms with Crippen molar-refractivity contribution in [3.8, 4) is 0 Å². The highest BCUT2D eigenvalue weighted by molar-refractivity contribution is 5.90. The van der Waals surface area contributed by atoms with Gasteiger partial charge in [0.1, 0.15) is 0 Å².